The van der Waals surface area contributed by atoms with Gasteiger partial charge in [0.15, 0.2) is 0 Å². The molecule has 2 aromatic rings. The Balaban J connectivity index is 1.93. The molecule has 1 fully saturated rings. The summed E-state index contributed by atoms with van der Waals surface area (Å²) in [4.78, 5) is 50.6. The maximum Gasteiger partial charge on any atom is 0.338 e. The first-order valence-corrected chi connectivity index (χ1v) is 9.52. The van der Waals surface area contributed by atoms with Gasteiger partial charge >= 0.3 is 5.97 Å². The summed E-state index contributed by atoms with van der Waals surface area (Å²) in [6.07, 6.45) is 1.13. The lowest BCUT2D eigenvalue weighted by Gasteiger charge is -2.28. The third kappa shape index (κ3) is 4.62. The summed E-state index contributed by atoms with van der Waals surface area (Å²) >= 11 is 0. The summed E-state index contributed by atoms with van der Waals surface area (Å²) in [7, 11) is 0. The maximum absolute atomic E-state index is 13.2. The average Bonchev–Trinajstić information content (AvgIpc) is 3.16. The predicted molar refractivity (Wildman–Crippen MR) is 108 cm³/mol. The quantitative estimate of drug-likeness (QED) is 0.393. The Kier molecular flexibility index (Phi) is 6.41. The lowest BCUT2D eigenvalue weighted by atomic mass is 10.1. The second-order valence-electron chi connectivity index (χ2n) is 6.71. The molecule has 0 aliphatic carbocycles. The molecule has 0 aromatic heterocycles. The summed E-state index contributed by atoms with van der Waals surface area (Å²) in [5.41, 5.74) is 0.723. The molecule has 1 aliphatic rings. The van der Waals surface area contributed by atoms with Crippen LogP contribution in [0.15, 0.2) is 48.5 Å². The number of hydrogen-bond donors (Lipinski definition) is 0. The van der Waals surface area contributed by atoms with Crippen molar-refractivity contribution < 1.29 is 24.0 Å². The fourth-order valence-corrected chi connectivity index (χ4v) is 3.19. The number of benzene rings is 2. The molecule has 1 saturated heterocycles. The van der Waals surface area contributed by atoms with E-state index in [0.717, 1.165) is 0 Å². The molecule has 0 bridgehead atoms. The largest absolute Gasteiger partial charge is 0.462 e. The van der Waals surface area contributed by atoms with E-state index in [4.69, 9.17) is 4.74 Å². The van der Waals surface area contributed by atoms with Crippen LogP contribution in [0.4, 0.5) is 11.4 Å². The molecule has 0 atom stereocenters. The number of nitrogens with zero attached hydrogens (tertiary/aromatic N) is 3. The molecule has 0 unspecified atom stereocenters. The molecule has 9 nitrogen and oxygen atoms in total. The molecule has 0 saturated carbocycles. The Morgan fingerprint density at radius 2 is 1.90 bits per heavy atom. The number of carbonyl (C=O) groups is 3. The molecule has 2 amide bonds. The fraction of sp³-hybridized carbons (Fsp3) is 0.286. The SMILES string of the molecule is CCOC(=O)c1ccc(N(CN2CCCC2=O)C(=O)c2cccc([N+](=O)[O-])c2)cc1. The van der Waals surface area contributed by atoms with E-state index in [-0.39, 0.29) is 30.4 Å². The van der Waals surface area contributed by atoms with Crippen molar-refractivity contribution in [2.24, 2.45) is 0 Å². The highest BCUT2D eigenvalue weighted by molar-refractivity contribution is 6.07. The Morgan fingerprint density at radius 1 is 1.17 bits per heavy atom. The van der Waals surface area contributed by atoms with Crippen molar-refractivity contribution in [2.75, 3.05) is 24.7 Å². The number of carbonyl (C=O) groups excluding carboxylic acids is 3. The number of amides is 2. The van der Waals surface area contributed by atoms with Gasteiger partial charge in [-0.25, -0.2) is 4.79 Å². The van der Waals surface area contributed by atoms with Crippen molar-refractivity contribution in [1.29, 1.82) is 0 Å². The normalized spacial score (nSPS) is 13.2. The van der Waals surface area contributed by atoms with E-state index < -0.39 is 16.8 Å². The van der Waals surface area contributed by atoms with Crippen LogP contribution in [0.2, 0.25) is 0 Å². The number of nitro benzene ring substituents is 1. The van der Waals surface area contributed by atoms with Gasteiger partial charge in [-0.05, 0) is 43.7 Å². The van der Waals surface area contributed by atoms with Crippen molar-refractivity contribution in [3.8, 4) is 0 Å². The summed E-state index contributed by atoms with van der Waals surface area (Å²) in [6.45, 7) is 2.49. The van der Waals surface area contributed by atoms with Gasteiger partial charge < -0.3 is 9.64 Å². The zero-order chi connectivity index (χ0) is 21.7. The van der Waals surface area contributed by atoms with Gasteiger partial charge in [-0.1, -0.05) is 6.07 Å². The number of nitro groups is 1. The molecule has 30 heavy (non-hydrogen) atoms. The van der Waals surface area contributed by atoms with E-state index in [1.165, 1.54) is 41.3 Å². The maximum atomic E-state index is 13.2. The van der Waals surface area contributed by atoms with E-state index >= 15 is 0 Å². The highest BCUT2D eigenvalue weighted by atomic mass is 16.6. The van der Waals surface area contributed by atoms with Gasteiger partial charge in [0.1, 0.15) is 6.67 Å². The highest BCUT2D eigenvalue weighted by Gasteiger charge is 2.27. The minimum absolute atomic E-state index is 0.0130. The van der Waals surface area contributed by atoms with Crippen molar-refractivity contribution in [3.63, 3.8) is 0 Å². The van der Waals surface area contributed by atoms with Gasteiger partial charge in [-0.15, -0.1) is 0 Å². The Bertz CT molecular complexity index is 973. The smallest absolute Gasteiger partial charge is 0.338 e. The average molecular weight is 411 g/mol. The first-order valence-electron chi connectivity index (χ1n) is 9.52. The number of esters is 1. The Labute approximate surface area is 173 Å². The van der Waals surface area contributed by atoms with Gasteiger partial charge in [0, 0.05) is 36.3 Å². The molecule has 0 N–H and O–H groups in total. The van der Waals surface area contributed by atoms with Crippen LogP contribution in [0.25, 0.3) is 0 Å². The van der Waals surface area contributed by atoms with Crippen molar-refractivity contribution >= 4 is 29.2 Å². The summed E-state index contributed by atoms with van der Waals surface area (Å²) in [6, 6.07) is 11.7. The predicted octanol–water partition coefficient (Wildman–Crippen LogP) is 3.00. The molecule has 3 rings (SSSR count). The van der Waals surface area contributed by atoms with Crippen LogP contribution in [-0.4, -0.2) is 47.4 Å². The Hall–Kier alpha value is -3.75. The van der Waals surface area contributed by atoms with Crippen molar-refractivity contribution in [1.82, 2.24) is 4.90 Å². The molecule has 0 spiro atoms. The number of anilines is 1. The fourth-order valence-electron chi connectivity index (χ4n) is 3.19. The molecule has 1 heterocycles. The minimum atomic E-state index is -0.570. The number of hydrogen-bond acceptors (Lipinski definition) is 6. The third-order valence-corrected chi connectivity index (χ3v) is 4.72. The van der Waals surface area contributed by atoms with Crippen LogP contribution in [-0.2, 0) is 9.53 Å². The first-order chi connectivity index (χ1) is 14.4. The van der Waals surface area contributed by atoms with Crippen LogP contribution >= 0.6 is 0 Å². The van der Waals surface area contributed by atoms with E-state index in [1.54, 1.807) is 24.0 Å². The molecular formula is C21H21N3O6. The molecule has 156 valence electrons. The molecule has 9 heteroatoms. The molecule has 2 aromatic carbocycles. The van der Waals surface area contributed by atoms with Crippen LogP contribution in [0.3, 0.4) is 0 Å². The third-order valence-electron chi connectivity index (χ3n) is 4.72. The number of non-ortho nitro benzene ring substituents is 1. The topological polar surface area (TPSA) is 110 Å². The standard InChI is InChI=1S/C21H21N3O6/c1-2-30-21(27)15-8-10-17(11-9-15)23(14-22-12-4-7-19(22)25)20(26)16-5-3-6-18(13-16)24(28)29/h3,5-6,8-11,13H,2,4,7,12,14H2,1H3. The van der Waals surface area contributed by atoms with E-state index in [2.05, 4.69) is 0 Å². The van der Waals surface area contributed by atoms with Crippen LogP contribution in [0.1, 0.15) is 40.5 Å². The second kappa shape index (κ2) is 9.17. The van der Waals surface area contributed by atoms with E-state index in [0.29, 0.717) is 30.6 Å². The zero-order valence-electron chi connectivity index (χ0n) is 16.4. The second-order valence-corrected chi connectivity index (χ2v) is 6.71. The number of likely N-dealkylation sites (tertiary alicyclic amines) is 1. The van der Waals surface area contributed by atoms with E-state index in [9.17, 15) is 24.5 Å². The number of rotatable bonds is 7. The van der Waals surface area contributed by atoms with E-state index in [1.807, 2.05) is 0 Å². The number of ether oxygens (including phenoxy) is 1. The van der Waals surface area contributed by atoms with Gasteiger partial charge in [-0.3, -0.25) is 24.6 Å². The zero-order valence-corrected chi connectivity index (χ0v) is 16.4. The minimum Gasteiger partial charge on any atom is -0.462 e. The van der Waals surface area contributed by atoms with Crippen molar-refractivity contribution in [2.45, 2.75) is 19.8 Å². The molecule has 0 radical (unpaired) electrons. The summed E-state index contributed by atoms with van der Waals surface area (Å²) in [5.74, 6) is -1.02. The van der Waals surface area contributed by atoms with Gasteiger partial charge in [0.05, 0.1) is 17.1 Å². The lowest BCUT2D eigenvalue weighted by Crippen LogP contribution is -2.42. The van der Waals surface area contributed by atoms with Gasteiger partial charge in [-0.2, -0.15) is 0 Å². The van der Waals surface area contributed by atoms with Crippen LogP contribution < -0.4 is 4.90 Å². The molecular weight excluding hydrogens is 390 g/mol. The van der Waals surface area contributed by atoms with Crippen LogP contribution in [0.5, 0.6) is 0 Å². The summed E-state index contributed by atoms with van der Waals surface area (Å²) < 4.78 is 4.97. The molecule has 1 aliphatic heterocycles. The lowest BCUT2D eigenvalue weighted by molar-refractivity contribution is -0.384. The summed E-state index contributed by atoms with van der Waals surface area (Å²) in [5, 5.41) is 11.1. The highest BCUT2D eigenvalue weighted by Crippen LogP contribution is 2.23. The van der Waals surface area contributed by atoms with Gasteiger partial charge in [0.25, 0.3) is 11.6 Å². The van der Waals surface area contributed by atoms with Crippen LogP contribution in [0, 0.1) is 10.1 Å². The van der Waals surface area contributed by atoms with Crippen molar-refractivity contribution in [3.05, 3.63) is 69.8 Å². The Morgan fingerprint density at radius 3 is 2.50 bits per heavy atom. The first kappa shape index (κ1) is 21.0. The monoisotopic (exact) mass is 411 g/mol. The van der Waals surface area contributed by atoms with Gasteiger partial charge in [0.2, 0.25) is 5.91 Å².